The van der Waals surface area contributed by atoms with Crippen molar-refractivity contribution in [3.8, 4) is 0 Å². The van der Waals surface area contributed by atoms with E-state index in [1.165, 1.54) is 4.90 Å². The molecule has 0 bridgehead atoms. The Balaban J connectivity index is 1.87. The summed E-state index contributed by atoms with van der Waals surface area (Å²) in [6.45, 7) is 6.70. The van der Waals surface area contributed by atoms with E-state index in [-0.39, 0.29) is 12.1 Å². The zero-order valence-electron chi connectivity index (χ0n) is 11.5. The van der Waals surface area contributed by atoms with Crippen molar-refractivity contribution in [3.63, 3.8) is 0 Å². The molecule has 2 heterocycles. The molecule has 7 nitrogen and oxygen atoms in total. The molecule has 1 aliphatic heterocycles. The van der Waals surface area contributed by atoms with Crippen LogP contribution in [0.1, 0.15) is 38.5 Å². The third-order valence-corrected chi connectivity index (χ3v) is 2.93. The molecule has 19 heavy (non-hydrogen) atoms. The summed E-state index contributed by atoms with van der Waals surface area (Å²) in [5.74, 6) is 1.52. The number of rotatable bonds is 4. The van der Waals surface area contributed by atoms with Crippen LogP contribution in [0.25, 0.3) is 0 Å². The molecule has 0 aromatic carbocycles. The molecule has 1 aromatic heterocycles. The van der Waals surface area contributed by atoms with Crippen LogP contribution in [-0.4, -0.2) is 45.4 Å². The fraction of sp³-hybridized carbons (Fsp3) is 0.750. The number of aliphatic hydroxyl groups is 1. The molecule has 0 saturated carbocycles. The number of β-amino-alcohol motifs (C(OH)–C–C–N with tert-alkyl or cyclic N) is 1. The van der Waals surface area contributed by atoms with E-state index in [1.807, 2.05) is 0 Å². The maximum atomic E-state index is 11.8. The summed E-state index contributed by atoms with van der Waals surface area (Å²) >= 11 is 0. The van der Waals surface area contributed by atoms with E-state index in [1.54, 1.807) is 6.92 Å². The minimum Gasteiger partial charge on any atom is -0.389 e. The average molecular weight is 268 g/mol. The zero-order valence-corrected chi connectivity index (χ0v) is 11.5. The van der Waals surface area contributed by atoms with Gasteiger partial charge in [-0.1, -0.05) is 19.0 Å². The molecule has 2 N–H and O–H groups in total. The van der Waals surface area contributed by atoms with Gasteiger partial charge in [-0.3, -0.25) is 0 Å². The van der Waals surface area contributed by atoms with Gasteiger partial charge in [-0.25, -0.2) is 4.79 Å². The lowest BCUT2D eigenvalue weighted by Crippen LogP contribution is -2.56. The van der Waals surface area contributed by atoms with Crippen molar-refractivity contribution in [2.24, 2.45) is 5.92 Å². The molecule has 2 rings (SSSR count). The molecule has 0 spiro atoms. The fourth-order valence-corrected chi connectivity index (χ4v) is 1.85. The summed E-state index contributed by atoms with van der Waals surface area (Å²) in [7, 11) is 0. The average Bonchev–Trinajstić information content (AvgIpc) is 2.72. The van der Waals surface area contributed by atoms with Crippen LogP contribution in [-0.2, 0) is 6.42 Å². The minimum absolute atomic E-state index is 0.221. The number of nitrogens with zero attached hydrogens (tertiary/aromatic N) is 3. The first kappa shape index (κ1) is 13.8. The van der Waals surface area contributed by atoms with Crippen molar-refractivity contribution >= 4 is 6.03 Å². The van der Waals surface area contributed by atoms with Gasteiger partial charge in [0, 0.05) is 6.42 Å². The number of aliphatic hydroxyl groups excluding tert-OH is 1. The van der Waals surface area contributed by atoms with Crippen molar-refractivity contribution in [1.29, 1.82) is 0 Å². The van der Waals surface area contributed by atoms with Crippen LogP contribution in [0, 0.1) is 5.92 Å². The van der Waals surface area contributed by atoms with E-state index in [9.17, 15) is 4.79 Å². The Morgan fingerprint density at radius 3 is 2.79 bits per heavy atom. The molecule has 1 aromatic rings. The normalized spacial score (nSPS) is 17.4. The molecule has 1 fully saturated rings. The Kier molecular flexibility index (Phi) is 4.04. The number of likely N-dealkylation sites (tertiary alicyclic amines) is 1. The van der Waals surface area contributed by atoms with E-state index in [2.05, 4.69) is 29.3 Å². The molecule has 0 radical (unpaired) electrons. The Morgan fingerprint density at radius 2 is 2.21 bits per heavy atom. The van der Waals surface area contributed by atoms with Gasteiger partial charge < -0.3 is 19.8 Å². The predicted molar refractivity (Wildman–Crippen MR) is 67.4 cm³/mol. The third kappa shape index (κ3) is 3.44. The van der Waals surface area contributed by atoms with Gasteiger partial charge in [0.15, 0.2) is 5.82 Å². The van der Waals surface area contributed by atoms with Crippen molar-refractivity contribution < 1.29 is 14.4 Å². The van der Waals surface area contributed by atoms with Crippen LogP contribution in [0.15, 0.2) is 4.52 Å². The summed E-state index contributed by atoms with van der Waals surface area (Å²) in [4.78, 5) is 17.5. The van der Waals surface area contributed by atoms with Crippen LogP contribution in [0.4, 0.5) is 4.79 Å². The van der Waals surface area contributed by atoms with Gasteiger partial charge >= 0.3 is 6.03 Å². The standard InChI is InChI=1S/C12H20N4O3/c1-7(2)4-10-14-11(19-15-10)8(3)13-12(18)16-5-9(17)6-16/h7-9,17H,4-6H2,1-3H3,(H,13,18)/t8-/m0/s1. The van der Waals surface area contributed by atoms with Crippen LogP contribution in [0.3, 0.4) is 0 Å². The third-order valence-electron chi connectivity index (χ3n) is 2.93. The Labute approximate surface area is 112 Å². The van der Waals surface area contributed by atoms with E-state index >= 15 is 0 Å². The van der Waals surface area contributed by atoms with E-state index < -0.39 is 6.10 Å². The van der Waals surface area contributed by atoms with Crippen LogP contribution >= 0.6 is 0 Å². The number of nitrogens with one attached hydrogen (secondary N) is 1. The van der Waals surface area contributed by atoms with Gasteiger partial charge in [-0.2, -0.15) is 4.98 Å². The highest BCUT2D eigenvalue weighted by Crippen LogP contribution is 2.14. The summed E-state index contributed by atoms with van der Waals surface area (Å²) in [6, 6.07) is -0.555. The number of hydrogen-bond acceptors (Lipinski definition) is 5. The topological polar surface area (TPSA) is 91.5 Å². The maximum Gasteiger partial charge on any atom is 0.318 e. The Hall–Kier alpha value is -1.63. The quantitative estimate of drug-likeness (QED) is 0.839. The SMILES string of the molecule is CC(C)Cc1noc([C@H](C)NC(=O)N2CC(O)C2)n1. The fourth-order valence-electron chi connectivity index (χ4n) is 1.85. The lowest BCUT2D eigenvalue weighted by molar-refractivity contribution is 0.0256. The van der Waals surface area contributed by atoms with Gasteiger partial charge in [0.2, 0.25) is 5.89 Å². The van der Waals surface area contributed by atoms with Crippen LogP contribution in [0.5, 0.6) is 0 Å². The van der Waals surface area contributed by atoms with Gasteiger partial charge in [0.1, 0.15) is 6.04 Å². The number of hydrogen-bond donors (Lipinski definition) is 2. The minimum atomic E-state index is -0.401. The second-order valence-electron chi connectivity index (χ2n) is 5.38. The van der Waals surface area contributed by atoms with Crippen molar-refractivity contribution in [3.05, 3.63) is 11.7 Å². The number of carbonyl (C=O) groups is 1. The second-order valence-corrected chi connectivity index (χ2v) is 5.38. The van der Waals surface area contributed by atoms with Crippen molar-refractivity contribution in [2.75, 3.05) is 13.1 Å². The van der Waals surface area contributed by atoms with Crippen LogP contribution < -0.4 is 5.32 Å². The number of amides is 2. The molecule has 106 valence electrons. The zero-order chi connectivity index (χ0) is 14.0. The summed E-state index contributed by atoms with van der Waals surface area (Å²) in [5, 5.41) is 15.8. The summed E-state index contributed by atoms with van der Waals surface area (Å²) in [6.07, 6.45) is 0.352. The summed E-state index contributed by atoms with van der Waals surface area (Å²) in [5.41, 5.74) is 0. The van der Waals surface area contributed by atoms with Crippen LogP contribution in [0.2, 0.25) is 0 Å². The largest absolute Gasteiger partial charge is 0.389 e. The van der Waals surface area contributed by atoms with Crippen molar-refractivity contribution in [2.45, 2.75) is 39.3 Å². The second kappa shape index (κ2) is 5.56. The number of aromatic nitrogens is 2. The number of carbonyl (C=O) groups excluding carboxylic acids is 1. The van der Waals surface area contributed by atoms with Gasteiger partial charge in [0.25, 0.3) is 0 Å². The van der Waals surface area contributed by atoms with E-state index in [0.29, 0.717) is 30.7 Å². The smallest absolute Gasteiger partial charge is 0.318 e. The maximum absolute atomic E-state index is 11.8. The van der Waals surface area contributed by atoms with E-state index in [4.69, 9.17) is 9.63 Å². The predicted octanol–water partition coefficient (Wildman–Crippen LogP) is 0.715. The molecule has 2 amide bonds. The monoisotopic (exact) mass is 268 g/mol. The highest BCUT2D eigenvalue weighted by atomic mass is 16.5. The molecular formula is C12H20N4O3. The molecule has 1 saturated heterocycles. The molecular weight excluding hydrogens is 248 g/mol. The Morgan fingerprint density at radius 1 is 1.53 bits per heavy atom. The molecule has 0 unspecified atom stereocenters. The first-order chi connectivity index (χ1) is 8.95. The summed E-state index contributed by atoms with van der Waals surface area (Å²) < 4.78 is 5.14. The number of urea groups is 1. The highest BCUT2D eigenvalue weighted by Gasteiger charge is 2.30. The first-order valence-corrected chi connectivity index (χ1v) is 6.51. The Bertz CT molecular complexity index is 440. The lowest BCUT2D eigenvalue weighted by atomic mass is 10.1. The molecule has 1 atom stereocenters. The molecule has 1 aliphatic rings. The van der Waals surface area contributed by atoms with Gasteiger partial charge in [0.05, 0.1) is 19.2 Å². The van der Waals surface area contributed by atoms with E-state index in [0.717, 1.165) is 6.42 Å². The first-order valence-electron chi connectivity index (χ1n) is 6.51. The molecule has 7 heteroatoms. The highest BCUT2D eigenvalue weighted by molar-refractivity contribution is 5.75. The van der Waals surface area contributed by atoms with Gasteiger partial charge in [-0.05, 0) is 12.8 Å². The van der Waals surface area contributed by atoms with Gasteiger partial charge in [-0.15, -0.1) is 0 Å². The molecule has 0 aliphatic carbocycles. The van der Waals surface area contributed by atoms with Crippen molar-refractivity contribution in [1.82, 2.24) is 20.4 Å². The lowest BCUT2D eigenvalue weighted by Gasteiger charge is -2.36.